The van der Waals surface area contributed by atoms with E-state index in [0.29, 0.717) is 6.04 Å². The van der Waals surface area contributed by atoms with Crippen molar-refractivity contribution in [3.8, 4) is 0 Å². The second-order valence-electron chi connectivity index (χ2n) is 6.51. The summed E-state index contributed by atoms with van der Waals surface area (Å²) in [5, 5.41) is 9.77. The van der Waals surface area contributed by atoms with Crippen molar-refractivity contribution >= 4 is 20.0 Å². The maximum atomic E-state index is 12.4. The lowest BCUT2D eigenvalue weighted by Crippen LogP contribution is -2.47. The van der Waals surface area contributed by atoms with Crippen LogP contribution in [0.3, 0.4) is 0 Å². The van der Waals surface area contributed by atoms with E-state index in [1.54, 1.807) is 6.92 Å². The summed E-state index contributed by atoms with van der Waals surface area (Å²) in [4.78, 5) is 24.3. The lowest BCUT2D eigenvalue weighted by Gasteiger charge is -2.32. The van der Waals surface area contributed by atoms with Gasteiger partial charge in [0.05, 0.1) is 6.61 Å². The van der Waals surface area contributed by atoms with Gasteiger partial charge in [0.1, 0.15) is 0 Å². The maximum absolute atomic E-state index is 12.4. The third-order valence-corrected chi connectivity index (χ3v) is 4.92. The van der Waals surface area contributed by atoms with Crippen LogP contribution in [0.25, 0.3) is 0 Å². The van der Waals surface area contributed by atoms with Gasteiger partial charge in [0.15, 0.2) is 5.41 Å². The summed E-state index contributed by atoms with van der Waals surface area (Å²) < 4.78 is 5.09. The number of carboxylic acid groups (broad SMARTS) is 1. The number of hydrogen-bond acceptors (Lipinski definition) is 3. The molecule has 116 valence electrons. The Kier molecular flexibility index (Phi) is 5.72. The molecule has 4 nitrogen and oxygen atoms in total. The summed E-state index contributed by atoms with van der Waals surface area (Å²) in [7, 11) is -1.78. The Morgan fingerprint density at radius 2 is 1.76 bits per heavy atom. The molecule has 5 heteroatoms. The molecule has 1 aromatic carbocycles. The Morgan fingerprint density at radius 3 is 2.19 bits per heavy atom. The van der Waals surface area contributed by atoms with Crippen molar-refractivity contribution in [2.45, 2.75) is 39.0 Å². The largest absolute Gasteiger partial charge is 0.480 e. The second kappa shape index (κ2) is 6.89. The standard InChI is InChI=1S/C16H24O4Si/c1-5-20-15(19)16(14(17)18,12-21(2,3)4)11-13-9-7-6-8-10-13/h6-10H,5,11-12H2,1-4H3,(H,17,18). The maximum Gasteiger partial charge on any atom is 0.323 e. The van der Waals surface area contributed by atoms with Gasteiger partial charge in [0.25, 0.3) is 0 Å². The highest BCUT2D eigenvalue weighted by Crippen LogP contribution is 2.35. The van der Waals surface area contributed by atoms with E-state index in [2.05, 4.69) is 19.6 Å². The van der Waals surface area contributed by atoms with Crippen LogP contribution < -0.4 is 0 Å². The van der Waals surface area contributed by atoms with E-state index in [9.17, 15) is 14.7 Å². The summed E-state index contributed by atoms with van der Waals surface area (Å²) in [5.74, 6) is -1.71. The van der Waals surface area contributed by atoms with E-state index in [0.717, 1.165) is 5.56 Å². The van der Waals surface area contributed by atoms with Gasteiger partial charge in [-0.25, -0.2) is 0 Å². The number of carbonyl (C=O) groups excluding carboxylic acids is 1. The van der Waals surface area contributed by atoms with E-state index >= 15 is 0 Å². The molecule has 1 rings (SSSR count). The summed E-state index contributed by atoms with van der Waals surface area (Å²) in [6.07, 6.45) is 0.173. The van der Waals surface area contributed by atoms with Crippen LogP contribution in [-0.2, 0) is 20.7 Å². The number of hydrogen-bond donors (Lipinski definition) is 1. The molecule has 0 aliphatic rings. The second-order valence-corrected chi connectivity index (χ2v) is 12.0. The SMILES string of the molecule is CCOC(=O)C(Cc1ccccc1)(C[Si](C)(C)C)C(=O)O. The van der Waals surface area contributed by atoms with Crippen molar-refractivity contribution in [1.29, 1.82) is 0 Å². The predicted molar refractivity (Wildman–Crippen MR) is 85.0 cm³/mol. The number of ether oxygens (including phenoxy) is 1. The van der Waals surface area contributed by atoms with E-state index in [4.69, 9.17) is 4.74 Å². The topological polar surface area (TPSA) is 63.6 Å². The van der Waals surface area contributed by atoms with Crippen LogP contribution in [-0.4, -0.2) is 31.7 Å². The minimum Gasteiger partial charge on any atom is -0.480 e. The van der Waals surface area contributed by atoms with Crippen LogP contribution in [0, 0.1) is 5.41 Å². The Bertz CT molecular complexity index is 493. The van der Waals surface area contributed by atoms with Gasteiger partial charge in [0, 0.05) is 8.07 Å². The quantitative estimate of drug-likeness (QED) is 0.477. The zero-order valence-corrected chi connectivity index (χ0v) is 14.2. The van der Waals surface area contributed by atoms with Gasteiger partial charge < -0.3 is 9.84 Å². The first-order valence-corrected chi connectivity index (χ1v) is 10.9. The van der Waals surface area contributed by atoms with Gasteiger partial charge in [-0.15, -0.1) is 0 Å². The molecule has 0 amide bonds. The molecule has 0 aliphatic carbocycles. The first-order valence-electron chi connectivity index (χ1n) is 7.16. The fourth-order valence-electron chi connectivity index (χ4n) is 2.56. The molecule has 0 saturated heterocycles. The number of carboxylic acids is 1. The smallest absolute Gasteiger partial charge is 0.323 e. The van der Waals surface area contributed by atoms with Crippen molar-refractivity contribution in [3.63, 3.8) is 0 Å². The van der Waals surface area contributed by atoms with Crippen LogP contribution >= 0.6 is 0 Å². The zero-order valence-electron chi connectivity index (χ0n) is 13.2. The van der Waals surface area contributed by atoms with Gasteiger partial charge in [-0.2, -0.15) is 0 Å². The Hall–Kier alpha value is -1.62. The lowest BCUT2D eigenvalue weighted by molar-refractivity contribution is -0.167. The molecule has 1 unspecified atom stereocenters. The average molecular weight is 308 g/mol. The van der Waals surface area contributed by atoms with E-state index < -0.39 is 25.4 Å². The molecule has 0 saturated carbocycles. The molecule has 0 aliphatic heterocycles. The number of aliphatic carboxylic acids is 1. The Balaban J connectivity index is 3.23. The molecule has 0 aromatic heterocycles. The summed E-state index contributed by atoms with van der Waals surface area (Å²) in [6, 6.07) is 9.63. The van der Waals surface area contributed by atoms with Crippen LogP contribution in [0.4, 0.5) is 0 Å². The minimum absolute atomic E-state index is 0.173. The molecule has 1 atom stereocenters. The molecule has 1 aromatic rings. The zero-order chi connectivity index (χ0) is 16.1. The van der Waals surface area contributed by atoms with Crippen LogP contribution in [0.2, 0.25) is 25.7 Å². The fraction of sp³-hybridized carbons (Fsp3) is 0.500. The Labute approximate surface area is 127 Å². The normalized spacial score (nSPS) is 14.3. The molecular weight excluding hydrogens is 284 g/mol. The van der Waals surface area contributed by atoms with Crippen LogP contribution in [0.5, 0.6) is 0 Å². The molecule has 0 fully saturated rings. The highest BCUT2D eigenvalue weighted by Gasteiger charge is 2.50. The molecule has 0 radical (unpaired) electrons. The minimum atomic E-state index is -1.78. The van der Waals surface area contributed by atoms with E-state index in [-0.39, 0.29) is 13.0 Å². The highest BCUT2D eigenvalue weighted by molar-refractivity contribution is 6.76. The first kappa shape index (κ1) is 17.4. The molecule has 21 heavy (non-hydrogen) atoms. The van der Waals surface area contributed by atoms with E-state index in [1.165, 1.54) is 0 Å². The first-order chi connectivity index (χ1) is 9.71. The fourth-order valence-corrected chi connectivity index (χ4v) is 4.80. The number of benzene rings is 1. The van der Waals surface area contributed by atoms with Crippen molar-refractivity contribution < 1.29 is 19.4 Å². The predicted octanol–water partition coefficient (Wildman–Crippen LogP) is 3.20. The number of carbonyl (C=O) groups is 2. The van der Waals surface area contributed by atoms with Gasteiger partial charge >= 0.3 is 11.9 Å². The van der Waals surface area contributed by atoms with Crippen molar-refractivity contribution in [2.24, 2.45) is 5.41 Å². The van der Waals surface area contributed by atoms with Gasteiger partial charge in [-0.3, -0.25) is 9.59 Å². The number of rotatable bonds is 7. The molecule has 0 heterocycles. The molecule has 0 spiro atoms. The summed E-state index contributed by atoms with van der Waals surface area (Å²) in [5.41, 5.74) is -0.645. The lowest BCUT2D eigenvalue weighted by atomic mass is 9.83. The van der Waals surface area contributed by atoms with Crippen molar-refractivity contribution in [2.75, 3.05) is 6.61 Å². The van der Waals surface area contributed by atoms with Gasteiger partial charge in [-0.1, -0.05) is 50.0 Å². The van der Waals surface area contributed by atoms with E-state index in [1.807, 2.05) is 30.3 Å². The Morgan fingerprint density at radius 1 is 1.19 bits per heavy atom. The monoisotopic (exact) mass is 308 g/mol. The van der Waals surface area contributed by atoms with Crippen LogP contribution in [0.1, 0.15) is 12.5 Å². The molecule has 0 bridgehead atoms. The highest BCUT2D eigenvalue weighted by atomic mass is 28.3. The number of esters is 1. The molecule has 1 N–H and O–H groups in total. The van der Waals surface area contributed by atoms with Crippen molar-refractivity contribution in [1.82, 2.24) is 0 Å². The van der Waals surface area contributed by atoms with Gasteiger partial charge in [-0.05, 0) is 25.0 Å². The third-order valence-electron chi connectivity index (χ3n) is 3.26. The van der Waals surface area contributed by atoms with Gasteiger partial charge in [0.2, 0.25) is 0 Å². The third kappa shape index (κ3) is 4.70. The average Bonchev–Trinajstić information content (AvgIpc) is 2.37. The summed E-state index contributed by atoms with van der Waals surface area (Å²) in [6.45, 7) is 8.08. The molecular formula is C16H24O4Si. The summed E-state index contributed by atoms with van der Waals surface area (Å²) >= 11 is 0. The van der Waals surface area contributed by atoms with Crippen LogP contribution in [0.15, 0.2) is 30.3 Å². The van der Waals surface area contributed by atoms with Crippen molar-refractivity contribution in [3.05, 3.63) is 35.9 Å².